The van der Waals surface area contributed by atoms with Gasteiger partial charge in [-0.2, -0.15) is 22.7 Å². The molecule has 2 N–H and O–H groups in total. The van der Waals surface area contributed by atoms with E-state index in [0.29, 0.717) is 5.56 Å². The molecule has 17 heavy (non-hydrogen) atoms. The highest BCUT2D eigenvalue weighted by Crippen LogP contribution is 2.46. The molecule has 0 spiro atoms. The van der Waals surface area contributed by atoms with E-state index in [1.165, 1.54) is 6.07 Å². The molecular weight excluding hydrogens is 244 g/mol. The molecule has 0 saturated heterocycles. The fourth-order valence-corrected chi connectivity index (χ4v) is 1.25. The maximum absolute atomic E-state index is 12.8. The van der Waals surface area contributed by atoms with Gasteiger partial charge < -0.3 is 15.3 Å². The number of hydrogen-bond acceptors (Lipinski definition) is 4. The van der Waals surface area contributed by atoms with Crippen LogP contribution in [0.3, 0.4) is 0 Å². The molecule has 0 radical (unpaired) electrons. The van der Waals surface area contributed by atoms with Gasteiger partial charge in [-0.3, -0.25) is 0 Å². The molecule has 1 aromatic carbocycles. The van der Waals surface area contributed by atoms with Crippen molar-refractivity contribution in [2.75, 3.05) is 0 Å². The van der Waals surface area contributed by atoms with Gasteiger partial charge in [0.1, 0.15) is 0 Å². The van der Waals surface area contributed by atoms with Crippen LogP contribution in [-0.4, -0.2) is 18.4 Å². The number of rotatable bonds is 1. The lowest BCUT2D eigenvalue weighted by Gasteiger charge is -2.31. The summed E-state index contributed by atoms with van der Waals surface area (Å²) in [5.41, 5.74) is 0.316. The number of hydrazone groups is 1. The second kappa shape index (κ2) is 3.51. The molecule has 4 nitrogen and oxygen atoms in total. The van der Waals surface area contributed by atoms with Crippen LogP contribution in [0.5, 0.6) is 11.5 Å². The van der Waals surface area contributed by atoms with Gasteiger partial charge in [0.25, 0.3) is 0 Å². The first-order valence-corrected chi connectivity index (χ1v) is 4.37. The molecule has 0 saturated carbocycles. The van der Waals surface area contributed by atoms with Gasteiger partial charge >= 0.3 is 12.2 Å². The smallest absolute Gasteiger partial charge is 0.421 e. The Morgan fingerprint density at radius 2 is 1.65 bits per heavy atom. The molecule has 0 fully saturated rings. The Kier molecular flexibility index (Phi) is 2.37. The molecule has 0 atom stereocenters. The van der Waals surface area contributed by atoms with Crippen molar-refractivity contribution in [3.8, 4) is 11.5 Å². The largest absolute Gasteiger partial charge is 0.507 e. The van der Waals surface area contributed by atoms with E-state index in [1.54, 1.807) is 0 Å². The molecule has 1 aliphatic heterocycles. The fraction of sp³-hybridized carbons (Fsp3) is 0.222. The van der Waals surface area contributed by atoms with Crippen molar-refractivity contribution < 1.29 is 27.0 Å². The van der Waals surface area contributed by atoms with E-state index < -0.39 is 23.7 Å². The van der Waals surface area contributed by atoms with Gasteiger partial charge in [-0.25, -0.2) is 0 Å². The number of ether oxygens (including phenoxy) is 2. The van der Waals surface area contributed by atoms with E-state index in [4.69, 9.17) is 5.84 Å². The van der Waals surface area contributed by atoms with Crippen LogP contribution in [0.1, 0.15) is 5.56 Å². The summed E-state index contributed by atoms with van der Waals surface area (Å²) < 4.78 is 59.0. The Balaban J connectivity index is 2.43. The number of hydrogen-bond donors (Lipinski definition) is 1. The van der Waals surface area contributed by atoms with Crippen molar-refractivity contribution in [3.05, 3.63) is 23.8 Å². The molecular formula is C9H6F4N2O2. The molecule has 0 unspecified atom stereocenters. The summed E-state index contributed by atoms with van der Waals surface area (Å²) >= 11 is 0. The summed E-state index contributed by atoms with van der Waals surface area (Å²) in [5, 5.41) is 3.16. The lowest BCUT2D eigenvalue weighted by Crippen LogP contribution is -2.52. The molecule has 8 heteroatoms. The Morgan fingerprint density at radius 1 is 1.06 bits per heavy atom. The standard InChI is InChI=1S/C9H6F4N2O2/c10-8(11)9(12,13)17-7-3-5(4-15-14)1-2-6(7)16-8/h1-4H,14H2. The second-order valence-electron chi connectivity index (χ2n) is 3.22. The van der Waals surface area contributed by atoms with Gasteiger partial charge in [-0.05, 0) is 23.8 Å². The number of alkyl halides is 4. The Bertz CT molecular complexity index is 476. The van der Waals surface area contributed by atoms with Crippen molar-refractivity contribution in [1.29, 1.82) is 0 Å². The first kappa shape index (κ1) is 11.5. The predicted octanol–water partition coefficient (Wildman–Crippen LogP) is 1.94. The first-order chi connectivity index (χ1) is 7.86. The van der Waals surface area contributed by atoms with Gasteiger partial charge in [0.05, 0.1) is 6.21 Å². The number of halogens is 4. The zero-order valence-electron chi connectivity index (χ0n) is 8.16. The number of fused-ring (bicyclic) bond motifs is 1. The molecule has 0 aromatic heterocycles. The third-order valence-corrected chi connectivity index (χ3v) is 2.01. The Hall–Kier alpha value is -1.99. The third kappa shape index (κ3) is 1.85. The maximum atomic E-state index is 12.8. The van der Waals surface area contributed by atoms with Crippen molar-refractivity contribution in [1.82, 2.24) is 0 Å². The van der Waals surface area contributed by atoms with Gasteiger partial charge in [0.2, 0.25) is 0 Å². The van der Waals surface area contributed by atoms with Crippen LogP contribution in [0.15, 0.2) is 23.3 Å². The van der Waals surface area contributed by atoms with Crippen LogP contribution < -0.4 is 15.3 Å². The predicted molar refractivity (Wildman–Crippen MR) is 49.4 cm³/mol. The van der Waals surface area contributed by atoms with Gasteiger partial charge in [0.15, 0.2) is 11.5 Å². The highest BCUT2D eigenvalue weighted by Gasteiger charge is 2.65. The molecule has 1 heterocycles. The van der Waals surface area contributed by atoms with Crippen molar-refractivity contribution in [2.45, 2.75) is 12.2 Å². The lowest BCUT2D eigenvalue weighted by molar-refractivity contribution is -0.391. The summed E-state index contributed by atoms with van der Waals surface area (Å²) in [7, 11) is 0. The zero-order valence-corrected chi connectivity index (χ0v) is 8.16. The minimum absolute atomic E-state index is 0.316. The molecule has 1 aromatic rings. The minimum atomic E-state index is -4.72. The summed E-state index contributed by atoms with van der Waals surface area (Å²) in [6.45, 7) is 0. The van der Waals surface area contributed by atoms with E-state index in [0.717, 1.165) is 18.3 Å². The highest BCUT2D eigenvalue weighted by atomic mass is 19.3. The van der Waals surface area contributed by atoms with E-state index in [2.05, 4.69) is 14.6 Å². The fourth-order valence-electron chi connectivity index (χ4n) is 1.25. The maximum Gasteiger partial charge on any atom is 0.507 e. The molecule has 0 bridgehead atoms. The summed E-state index contributed by atoms with van der Waals surface area (Å²) in [4.78, 5) is 0. The van der Waals surface area contributed by atoms with Crippen LogP contribution in [0.4, 0.5) is 17.6 Å². The normalized spacial score (nSPS) is 20.5. The Morgan fingerprint density at radius 3 is 2.24 bits per heavy atom. The minimum Gasteiger partial charge on any atom is -0.421 e. The van der Waals surface area contributed by atoms with Crippen LogP contribution >= 0.6 is 0 Å². The number of benzene rings is 1. The number of nitrogens with zero attached hydrogens (tertiary/aromatic N) is 1. The number of nitrogens with two attached hydrogens (primary N) is 1. The summed E-state index contributed by atoms with van der Waals surface area (Å²) in [6.07, 6.45) is -8.28. The summed E-state index contributed by atoms with van der Waals surface area (Å²) in [5.74, 6) is 3.88. The molecule has 2 rings (SSSR count). The lowest BCUT2D eigenvalue weighted by atomic mass is 10.2. The zero-order chi connectivity index (χ0) is 12.7. The van der Waals surface area contributed by atoms with Crippen LogP contribution in [0.2, 0.25) is 0 Å². The average Bonchev–Trinajstić information content (AvgIpc) is 2.20. The summed E-state index contributed by atoms with van der Waals surface area (Å²) in [6, 6.07) is 3.45. The molecule has 1 aliphatic rings. The van der Waals surface area contributed by atoms with Crippen LogP contribution in [-0.2, 0) is 0 Å². The molecule has 0 amide bonds. The molecule has 0 aliphatic carbocycles. The van der Waals surface area contributed by atoms with E-state index in [9.17, 15) is 17.6 Å². The second-order valence-corrected chi connectivity index (χ2v) is 3.22. The van der Waals surface area contributed by atoms with Crippen molar-refractivity contribution >= 4 is 6.21 Å². The molecule has 92 valence electrons. The van der Waals surface area contributed by atoms with Crippen LogP contribution in [0, 0.1) is 0 Å². The van der Waals surface area contributed by atoms with Crippen LogP contribution in [0.25, 0.3) is 0 Å². The van der Waals surface area contributed by atoms with Gasteiger partial charge in [-0.1, -0.05) is 0 Å². The quantitative estimate of drug-likeness (QED) is 0.358. The van der Waals surface area contributed by atoms with E-state index in [-0.39, 0.29) is 0 Å². The van der Waals surface area contributed by atoms with E-state index in [1.807, 2.05) is 0 Å². The monoisotopic (exact) mass is 250 g/mol. The first-order valence-electron chi connectivity index (χ1n) is 4.37. The van der Waals surface area contributed by atoms with Gasteiger partial charge in [-0.15, -0.1) is 0 Å². The highest BCUT2D eigenvalue weighted by molar-refractivity contribution is 5.80. The van der Waals surface area contributed by atoms with E-state index >= 15 is 0 Å². The van der Waals surface area contributed by atoms with Gasteiger partial charge in [0, 0.05) is 0 Å². The third-order valence-electron chi connectivity index (χ3n) is 2.01. The SMILES string of the molecule is NN=Cc1ccc2c(c1)OC(F)(F)C(F)(F)O2. The van der Waals surface area contributed by atoms with Crippen molar-refractivity contribution in [2.24, 2.45) is 10.9 Å². The van der Waals surface area contributed by atoms with Crippen molar-refractivity contribution in [3.63, 3.8) is 0 Å². The Labute approximate surface area is 92.6 Å². The topological polar surface area (TPSA) is 56.8 Å². The average molecular weight is 250 g/mol.